The molecule has 0 radical (unpaired) electrons. The molecule has 36 heavy (non-hydrogen) atoms. The van der Waals surface area contributed by atoms with Gasteiger partial charge in [-0.3, -0.25) is 14.3 Å². The summed E-state index contributed by atoms with van der Waals surface area (Å²) >= 11 is 6.32. The van der Waals surface area contributed by atoms with Gasteiger partial charge in [0.25, 0.3) is 5.56 Å². The molecule has 0 amide bonds. The van der Waals surface area contributed by atoms with E-state index in [1.807, 2.05) is 6.92 Å². The predicted octanol–water partition coefficient (Wildman–Crippen LogP) is 5.74. The largest absolute Gasteiger partial charge is 0.485 e. The fraction of sp³-hybridized carbons (Fsp3) is 0.308. The average molecular weight is 516 g/mol. The molecule has 0 atom stereocenters. The fourth-order valence-corrected chi connectivity index (χ4v) is 3.67. The van der Waals surface area contributed by atoms with Gasteiger partial charge in [0.2, 0.25) is 0 Å². The van der Waals surface area contributed by atoms with Crippen LogP contribution in [0.4, 0.5) is 14.6 Å². The van der Waals surface area contributed by atoms with Crippen molar-refractivity contribution < 1.29 is 13.5 Å². The number of nitrogens with zero attached hydrogens (tertiary/aromatic N) is 4. The SMILES string of the molecule is Cc1cnc(N=CC=C(N)CC(C)(C)C)cc1-n1c(C)cc(OCc2ncc(F)cc2F)c(Cl)c1=O. The summed E-state index contributed by atoms with van der Waals surface area (Å²) in [4.78, 5) is 25.5. The highest BCUT2D eigenvalue weighted by molar-refractivity contribution is 6.31. The Morgan fingerprint density at radius 3 is 2.58 bits per heavy atom. The molecular weight excluding hydrogens is 488 g/mol. The lowest BCUT2D eigenvalue weighted by Crippen LogP contribution is -2.22. The van der Waals surface area contributed by atoms with Crippen LogP contribution in [0.5, 0.6) is 5.75 Å². The highest BCUT2D eigenvalue weighted by Gasteiger charge is 2.17. The van der Waals surface area contributed by atoms with Crippen molar-refractivity contribution in [1.82, 2.24) is 14.5 Å². The molecule has 0 saturated heterocycles. The van der Waals surface area contributed by atoms with Crippen LogP contribution in [0.1, 0.15) is 44.1 Å². The maximum Gasteiger partial charge on any atom is 0.277 e. The van der Waals surface area contributed by atoms with E-state index < -0.39 is 17.2 Å². The second kappa shape index (κ2) is 11.0. The van der Waals surface area contributed by atoms with E-state index in [1.165, 1.54) is 4.57 Å². The number of rotatable bonds is 7. The third-order valence-corrected chi connectivity index (χ3v) is 5.43. The summed E-state index contributed by atoms with van der Waals surface area (Å²) in [6.07, 6.45) is 6.51. The molecule has 0 unspecified atom stereocenters. The Kier molecular flexibility index (Phi) is 8.24. The maximum absolute atomic E-state index is 13.9. The average Bonchev–Trinajstić information content (AvgIpc) is 2.77. The van der Waals surface area contributed by atoms with Gasteiger partial charge in [0.05, 0.1) is 11.9 Å². The second-order valence-corrected chi connectivity index (χ2v) is 9.94. The number of ether oxygens (including phenoxy) is 1. The van der Waals surface area contributed by atoms with Crippen LogP contribution in [-0.4, -0.2) is 20.7 Å². The third kappa shape index (κ3) is 6.75. The van der Waals surface area contributed by atoms with Crippen molar-refractivity contribution in [1.29, 1.82) is 0 Å². The molecule has 3 aromatic rings. The van der Waals surface area contributed by atoms with Crippen molar-refractivity contribution >= 4 is 23.6 Å². The van der Waals surface area contributed by atoms with Crippen LogP contribution in [0.3, 0.4) is 0 Å². The first-order valence-corrected chi connectivity index (χ1v) is 11.5. The van der Waals surface area contributed by atoms with Crippen LogP contribution in [0.25, 0.3) is 5.69 Å². The summed E-state index contributed by atoms with van der Waals surface area (Å²) in [5.74, 6) is -1.21. The highest BCUT2D eigenvalue weighted by Crippen LogP contribution is 2.27. The number of aromatic nitrogens is 3. The summed E-state index contributed by atoms with van der Waals surface area (Å²) < 4.78 is 33.9. The van der Waals surface area contributed by atoms with Gasteiger partial charge in [0, 0.05) is 42.0 Å². The Morgan fingerprint density at radius 1 is 1.19 bits per heavy atom. The summed E-state index contributed by atoms with van der Waals surface area (Å²) in [6.45, 7) is 9.48. The Hall–Kier alpha value is -3.59. The molecule has 0 saturated carbocycles. The number of hydrogen-bond donors (Lipinski definition) is 1. The Bertz CT molecular complexity index is 1390. The molecule has 7 nitrogen and oxygen atoms in total. The van der Waals surface area contributed by atoms with Gasteiger partial charge in [-0.25, -0.2) is 18.8 Å². The quantitative estimate of drug-likeness (QED) is 0.405. The number of hydrogen-bond acceptors (Lipinski definition) is 6. The first-order valence-electron chi connectivity index (χ1n) is 11.2. The van der Waals surface area contributed by atoms with E-state index in [9.17, 15) is 13.6 Å². The van der Waals surface area contributed by atoms with Crippen molar-refractivity contribution in [3.8, 4) is 11.4 Å². The number of aryl methyl sites for hydroxylation is 2. The van der Waals surface area contributed by atoms with E-state index in [-0.39, 0.29) is 28.5 Å². The van der Waals surface area contributed by atoms with Gasteiger partial charge in [-0.2, -0.15) is 0 Å². The third-order valence-electron chi connectivity index (χ3n) is 5.08. The van der Waals surface area contributed by atoms with Crippen LogP contribution in [0.15, 0.2) is 52.2 Å². The molecule has 0 bridgehead atoms. The lowest BCUT2D eigenvalue weighted by atomic mass is 9.91. The van der Waals surface area contributed by atoms with Crippen molar-refractivity contribution in [2.75, 3.05) is 0 Å². The van der Waals surface area contributed by atoms with Gasteiger partial charge >= 0.3 is 0 Å². The fourth-order valence-electron chi connectivity index (χ4n) is 3.48. The lowest BCUT2D eigenvalue weighted by molar-refractivity contribution is 0.292. The molecule has 10 heteroatoms. The van der Waals surface area contributed by atoms with E-state index in [0.29, 0.717) is 29.0 Å². The predicted molar refractivity (Wildman–Crippen MR) is 137 cm³/mol. The molecular formula is C26H28ClF2N5O2. The molecule has 3 rings (SSSR count). The van der Waals surface area contributed by atoms with E-state index in [2.05, 4.69) is 35.7 Å². The second-order valence-electron chi connectivity index (χ2n) is 9.56. The van der Waals surface area contributed by atoms with Crippen molar-refractivity contribution in [2.24, 2.45) is 16.1 Å². The van der Waals surface area contributed by atoms with Gasteiger partial charge in [0.1, 0.15) is 28.9 Å². The molecule has 0 aliphatic carbocycles. The zero-order chi connectivity index (χ0) is 26.6. The topological polar surface area (TPSA) is 95.4 Å². The summed E-state index contributed by atoms with van der Waals surface area (Å²) in [5, 5.41) is -0.192. The smallest absolute Gasteiger partial charge is 0.277 e. The van der Waals surface area contributed by atoms with Gasteiger partial charge in [0.15, 0.2) is 11.6 Å². The van der Waals surface area contributed by atoms with E-state index >= 15 is 0 Å². The maximum atomic E-state index is 13.9. The van der Waals surface area contributed by atoms with Gasteiger partial charge in [-0.05, 0) is 37.3 Å². The number of pyridine rings is 3. The number of halogens is 3. The van der Waals surface area contributed by atoms with Gasteiger partial charge in [-0.15, -0.1) is 0 Å². The molecule has 0 aliphatic heterocycles. The minimum Gasteiger partial charge on any atom is -0.485 e. The van der Waals surface area contributed by atoms with Crippen molar-refractivity contribution in [3.05, 3.63) is 86.3 Å². The molecule has 0 aromatic carbocycles. The minimum atomic E-state index is -0.855. The first-order chi connectivity index (χ1) is 16.9. The number of aliphatic imine (C=N–C) groups is 1. The van der Waals surface area contributed by atoms with Crippen LogP contribution < -0.4 is 16.0 Å². The summed E-state index contributed by atoms with van der Waals surface area (Å²) in [7, 11) is 0. The van der Waals surface area contributed by atoms with Crippen LogP contribution >= 0.6 is 11.6 Å². The van der Waals surface area contributed by atoms with E-state index in [1.54, 1.807) is 37.5 Å². The molecule has 3 aromatic heterocycles. The van der Waals surface area contributed by atoms with E-state index in [0.717, 1.165) is 18.2 Å². The monoisotopic (exact) mass is 515 g/mol. The first kappa shape index (κ1) is 27.0. The van der Waals surface area contributed by atoms with Crippen LogP contribution in [0, 0.1) is 30.9 Å². The molecule has 0 aliphatic rings. The molecule has 190 valence electrons. The molecule has 2 N–H and O–H groups in total. The number of nitrogens with two attached hydrogens (primary N) is 1. The van der Waals surface area contributed by atoms with Crippen LogP contribution in [0.2, 0.25) is 5.02 Å². The molecule has 0 spiro atoms. The summed E-state index contributed by atoms with van der Waals surface area (Å²) in [5.41, 5.74) is 7.96. The number of allylic oxidation sites excluding steroid dienone is 2. The van der Waals surface area contributed by atoms with Gasteiger partial charge in [-0.1, -0.05) is 32.4 Å². The van der Waals surface area contributed by atoms with Crippen LogP contribution in [-0.2, 0) is 6.61 Å². The zero-order valence-electron chi connectivity index (χ0n) is 20.8. The Labute approximate surface area is 213 Å². The Balaban J connectivity index is 1.89. The Morgan fingerprint density at radius 2 is 1.92 bits per heavy atom. The standard InChI is InChI=1S/C26H28ClF2N5O2/c1-15-12-33-23(31-7-6-18(30)11-26(3,4)5)10-21(15)34-16(2)8-22(24(27)25(34)35)36-14-20-19(29)9-17(28)13-32-20/h6-10,12-13H,11,14,30H2,1-5H3. The lowest BCUT2D eigenvalue weighted by Gasteiger charge is -2.17. The zero-order valence-corrected chi connectivity index (χ0v) is 21.5. The highest BCUT2D eigenvalue weighted by atomic mass is 35.5. The molecule has 0 fully saturated rings. The molecule has 3 heterocycles. The minimum absolute atomic E-state index is 0.0568. The normalized spacial score (nSPS) is 12.4. The van der Waals surface area contributed by atoms with Crippen molar-refractivity contribution in [2.45, 2.75) is 47.6 Å². The summed E-state index contributed by atoms with van der Waals surface area (Å²) in [6, 6.07) is 3.93. The van der Waals surface area contributed by atoms with E-state index in [4.69, 9.17) is 22.1 Å². The van der Waals surface area contributed by atoms with Crippen molar-refractivity contribution in [3.63, 3.8) is 0 Å². The van der Waals surface area contributed by atoms with Gasteiger partial charge < -0.3 is 10.5 Å².